The maximum absolute atomic E-state index is 11.2. The van der Waals surface area contributed by atoms with Crippen LogP contribution in [0.2, 0.25) is 0 Å². The summed E-state index contributed by atoms with van der Waals surface area (Å²) in [5.74, 6) is 0.424. The fraction of sp³-hybridized carbons (Fsp3) is 0.583. The number of nitrogens with one attached hydrogen (secondary N) is 1. The van der Waals surface area contributed by atoms with Crippen LogP contribution >= 0.6 is 0 Å². The normalized spacial score (nSPS) is 10.2. The predicted octanol–water partition coefficient (Wildman–Crippen LogP) is 2.72. The molecule has 1 rings (SSSR count). The first-order valence-corrected chi connectivity index (χ1v) is 5.65. The van der Waals surface area contributed by atoms with E-state index in [-0.39, 0.29) is 5.56 Å². The standard InChI is InChI=1S/C12H19NO2/c1-2-3-4-5-6-10-15-11-8-7-9-13-12(11)14/h7-9H,2-6,10H2,1H3,(H,13,14). The third-order valence-electron chi connectivity index (χ3n) is 2.29. The van der Waals surface area contributed by atoms with Gasteiger partial charge in [0, 0.05) is 6.20 Å². The second-order valence-corrected chi connectivity index (χ2v) is 3.63. The molecule has 3 nitrogen and oxygen atoms in total. The van der Waals surface area contributed by atoms with E-state index in [1.165, 1.54) is 25.7 Å². The largest absolute Gasteiger partial charge is 0.488 e. The Balaban J connectivity index is 2.15. The third kappa shape index (κ3) is 4.68. The van der Waals surface area contributed by atoms with Gasteiger partial charge in [-0.05, 0) is 18.6 Å². The molecule has 0 atom stereocenters. The number of aromatic amines is 1. The van der Waals surface area contributed by atoms with Gasteiger partial charge in [-0.25, -0.2) is 0 Å². The van der Waals surface area contributed by atoms with E-state index >= 15 is 0 Å². The van der Waals surface area contributed by atoms with Gasteiger partial charge >= 0.3 is 0 Å². The molecular weight excluding hydrogens is 190 g/mol. The molecule has 0 aromatic carbocycles. The number of hydrogen-bond donors (Lipinski definition) is 1. The van der Waals surface area contributed by atoms with Crippen molar-refractivity contribution in [1.82, 2.24) is 4.98 Å². The van der Waals surface area contributed by atoms with Gasteiger partial charge in [0.05, 0.1) is 6.61 Å². The lowest BCUT2D eigenvalue weighted by atomic mass is 10.2. The van der Waals surface area contributed by atoms with Crippen LogP contribution < -0.4 is 10.3 Å². The predicted molar refractivity (Wildman–Crippen MR) is 61.3 cm³/mol. The van der Waals surface area contributed by atoms with Gasteiger partial charge in [-0.15, -0.1) is 0 Å². The maximum Gasteiger partial charge on any atom is 0.290 e. The van der Waals surface area contributed by atoms with Gasteiger partial charge in [-0.1, -0.05) is 32.6 Å². The molecule has 3 heteroatoms. The molecule has 0 saturated heterocycles. The SMILES string of the molecule is CCCCCCCOc1ccc[nH]c1=O. The molecule has 0 saturated carbocycles. The Hall–Kier alpha value is -1.25. The number of unbranched alkanes of at least 4 members (excludes halogenated alkanes) is 4. The Morgan fingerprint density at radius 2 is 2.07 bits per heavy atom. The molecular formula is C12H19NO2. The summed E-state index contributed by atoms with van der Waals surface area (Å²) in [7, 11) is 0. The fourth-order valence-corrected chi connectivity index (χ4v) is 1.41. The van der Waals surface area contributed by atoms with Crippen LogP contribution in [-0.2, 0) is 0 Å². The smallest absolute Gasteiger partial charge is 0.290 e. The fourth-order valence-electron chi connectivity index (χ4n) is 1.41. The minimum absolute atomic E-state index is 0.147. The second-order valence-electron chi connectivity index (χ2n) is 3.63. The molecule has 15 heavy (non-hydrogen) atoms. The van der Waals surface area contributed by atoms with Gasteiger partial charge < -0.3 is 9.72 Å². The maximum atomic E-state index is 11.2. The van der Waals surface area contributed by atoms with Crippen molar-refractivity contribution in [2.24, 2.45) is 0 Å². The highest BCUT2D eigenvalue weighted by atomic mass is 16.5. The average molecular weight is 209 g/mol. The topological polar surface area (TPSA) is 42.1 Å². The summed E-state index contributed by atoms with van der Waals surface area (Å²) in [6.45, 7) is 2.83. The summed E-state index contributed by atoms with van der Waals surface area (Å²) in [4.78, 5) is 13.8. The molecule has 0 radical (unpaired) electrons. The van der Waals surface area contributed by atoms with Crippen molar-refractivity contribution in [3.05, 3.63) is 28.7 Å². The molecule has 0 amide bonds. The number of H-pyrrole nitrogens is 1. The minimum Gasteiger partial charge on any atom is -0.488 e. The molecule has 0 bridgehead atoms. The van der Waals surface area contributed by atoms with Crippen LogP contribution in [0.1, 0.15) is 39.0 Å². The molecule has 1 N–H and O–H groups in total. The first-order valence-electron chi connectivity index (χ1n) is 5.65. The first kappa shape index (κ1) is 11.8. The number of aromatic nitrogens is 1. The van der Waals surface area contributed by atoms with Crippen molar-refractivity contribution in [2.75, 3.05) is 6.61 Å². The van der Waals surface area contributed by atoms with Gasteiger partial charge in [-0.3, -0.25) is 4.79 Å². The van der Waals surface area contributed by atoms with Crippen molar-refractivity contribution in [2.45, 2.75) is 39.0 Å². The number of ether oxygens (including phenoxy) is 1. The van der Waals surface area contributed by atoms with E-state index in [9.17, 15) is 4.79 Å². The number of rotatable bonds is 7. The van der Waals surface area contributed by atoms with Crippen LogP contribution in [0.5, 0.6) is 5.75 Å². The monoisotopic (exact) mass is 209 g/mol. The molecule has 1 heterocycles. The molecule has 84 valence electrons. The Morgan fingerprint density at radius 1 is 1.27 bits per heavy atom. The van der Waals surface area contributed by atoms with E-state index in [1.54, 1.807) is 18.3 Å². The van der Waals surface area contributed by atoms with E-state index in [1.807, 2.05) is 0 Å². The highest BCUT2D eigenvalue weighted by Crippen LogP contribution is 2.05. The Labute approximate surface area is 90.5 Å². The summed E-state index contributed by atoms with van der Waals surface area (Å²) in [6, 6.07) is 3.47. The summed E-state index contributed by atoms with van der Waals surface area (Å²) < 4.78 is 5.37. The van der Waals surface area contributed by atoms with Crippen LogP contribution in [0, 0.1) is 0 Å². The lowest BCUT2D eigenvalue weighted by Gasteiger charge is -2.04. The first-order chi connectivity index (χ1) is 7.34. The van der Waals surface area contributed by atoms with E-state index in [4.69, 9.17) is 4.74 Å². The van der Waals surface area contributed by atoms with E-state index < -0.39 is 0 Å². The molecule has 0 aliphatic heterocycles. The van der Waals surface area contributed by atoms with Gasteiger partial charge in [-0.2, -0.15) is 0 Å². The zero-order valence-electron chi connectivity index (χ0n) is 9.29. The number of hydrogen-bond acceptors (Lipinski definition) is 2. The van der Waals surface area contributed by atoms with Crippen molar-refractivity contribution >= 4 is 0 Å². The zero-order chi connectivity index (χ0) is 10.9. The number of pyridine rings is 1. The average Bonchev–Trinajstić information content (AvgIpc) is 2.25. The van der Waals surface area contributed by atoms with Gasteiger partial charge in [0.1, 0.15) is 0 Å². The minimum atomic E-state index is -0.147. The molecule has 0 fully saturated rings. The molecule has 0 aliphatic rings. The second kappa shape index (κ2) is 7.10. The molecule has 1 aromatic heterocycles. The Bertz CT molecular complexity index is 319. The van der Waals surface area contributed by atoms with Gasteiger partial charge in [0.2, 0.25) is 0 Å². The van der Waals surface area contributed by atoms with Crippen LogP contribution in [0.3, 0.4) is 0 Å². The highest BCUT2D eigenvalue weighted by molar-refractivity contribution is 5.15. The molecule has 0 unspecified atom stereocenters. The molecule has 0 spiro atoms. The Morgan fingerprint density at radius 3 is 2.80 bits per heavy atom. The van der Waals surface area contributed by atoms with Crippen LogP contribution in [0.4, 0.5) is 0 Å². The van der Waals surface area contributed by atoms with Crippen LogP contribution in [0.15, 0.2) is 23.1 Å². The lowest BCUT2D eigenvalue weighted by Crippen LogP contribution is -2.10. The van der Waals surface area contributed by atoms with Crippen LogP contribution in [-0.4, -0.2) is 11.6 Å². The van der Waals surface area contributed by atoms with Crippen LogP contribution in [0.25, 0.3) is 0 Å². The van der Waals surface area contributed by atoms with Crippen molar-refractivity contribution < 1.29 is 4.74 Å². The molecule has 1 aromatic rings. The van der Waals surface area contributed by atoms with Crippen molar-refractivity contribution in [1.29, 1.82) is 0 Å². The highest BCUT2D eigenvalue weighted by Gasteiger charge is 1.97. The molecule has 0 aliphatic carbocycles. The summed E-state index contributed by atoms with van der Waals surface area (Å²) >= 11 is 0. The zero-order valence-corrected chi connectivity index (χ0v) is 9.29. The van der Waals surface area contributed by atoms with E-state index in [0.717, 1.165) is 6.42 Å². The summed E-state index contributed by atoms with van der Waals surface area (Å²) in [5, 5.41) is 0. The Kier molecular flexibility index (Phi) is 5.59. The third-order valence-corrected chi connectivity index (χ3v) is 2.29. The van der Waals surface area contributed by atoms with Crippen molar-refractivity contribution in [3.8, 4) is 5.75 Å². The lowest BCUT2D eigenvalue weighted by molar-refractivity contribution is 0.300. The van der Waals surface area contributed by atoms with E-state index in [2.05, 4.69) is 11.9 Å². The van der Waals surface area contributed by atoms with Crippen molar-refractivity contribution in [3.63, 3.8) is 0 Å². The summed E-state index contributed by atoms with van der Waals surface area (Å²) in [6.07, 6.45) is 7.60. The summed E-state index contributed by atoms with van der Waals surface area (Å²) in [5.41, 5.74) is -0.147. The van der Waals surface area contributed by atoms with Gasteiger partial charge in [0.15, 0.2) is 5.75 Å². The van der Waals surface area contributed by atoms with Gasteiger partial charge in [0.25, 0.3) is 5.56 Å². The van der Waals surface area contributed by atoms with E-state index in [0.29, 0.717) is 12.4 Å². The quantitative estimate of drug-likeness (QED) is 0.701.